The quantitative estimate of drug-likeness (QED) is 0.758. The fraction of sp³-hybridized carbons (Fsp3) is 0.364. The second kappa shape index (κ2) is 5.74. The number of halogens is 2. The van der Waals surface area contributed by atoms with Crippen molar-refractivity contribution in [1.82, 2.24) is 0 Å². The standard InChI is InChI=1S/C11H12F2O5/c1-17-6-18-8-4-2-7(3-5-8)9(14)11(12,13)10(15)16/h2-5,9,14H,6H2,1H3,(H,15,16). The first-order chi connectivity index (χ1) is 8.39. The number of alkyl halides is 2. The van der Waals surface area contributed by atoms with Crippen molar-refractivity contribution >= 4 is 5.97 Å². The highest BCUT2D eigenvalue weighted by atomic mass is 19.3. The van der Waals surface area contributed by atoms with Gasteiger partial charge in [0.1, 0.15) is 5.75 Å². The van der Waals surface area contributed by atoms with Crippen LogP contribution in [0.5, 0.6) is 5.75 Å². The van der Waals surface area contributed by atoms with E-state index in [1.54, 1.807) is 0 Å². The Morgan fingerprint density at radius 1 is 1.39 bits per heavy atom. The van der Waals surface area contributed by atoms with E-state index in [1.807, 2.05) is 0 Å². The summed E-state index contributed by atoms with van der Waals surface area (Å²) in [6.45, 7) is -0.00676. The molecule has 0 aromatic heterocycles. The van der Waals surface area contributed by atoms with Gasteiger partial charge >= 0.3 is 11.9 Å². The molecule has 5 nitrogen and oxygen atoms in total. The Morgan fingerprint density at radius 2 is 1.94 bits per heavy atom. The van der Waals surface area contributed by atoms with E-state index in [9.17, 15) is 18.7 Å². The van der Waals surface area contributed by atoms with Crippen LogP contribution in [0.15, 0.2) is 24.3 Å². The molecule has 2 N–H and O–H groups in total. The van der Waals surface area contributed by atoms with Gasteiger partial charge in [-0.25, -0.2) is 4.79 Å². The molecule has 0 amide bonds. The SMILES string of the molecule is COCOc1ccc(C(O)C(F)(F)C(=O)O)cc1. The summed E-state index contributed by atoms with van der Waals surface area (Å²) in [6.07, 6.45) is -2.41. The summed E-state index contributed by atoms with van der Waals surface area (Å²) < 4.78 is 35.7. The molecule has 0 spiro atoms. The third kappa shape index (κ3) is 3.14. The highest BCUT2D eigenvalue weighted by Crippen LogP contribution is 2.32. The molecule has 0 saturated carbocycles. The first kappa shape index (κ1) is 14.3. The van der Waals surface area contributed by atoms with Crippen LogP contribution in [0, 0.1) is 0 Å². The molecule has 1 unspecified atom stereocenters. The monoisotopic (exact) mass is 262 g/mol. The summed E-state index contributed by atoms with van der Waals surface area (Å²) in [7, 11) is 1.42. The van der Waals surface area contributed by atoms with Gasteiger partial charge in [-0.05, 0) is 17.7 Å². The van der Waals surface area contributed by atoms with Gasteiger partial charge in [0.25, 0.3) is 0 Å². The minimum atomic E-state index is -4.24. The van der Waals surface area contributed by atoms with Crippen LogP contribution in [0.4, 0.5) is 8.78 Å². The van der Waals surface area contributed by atoms with Crippen molar-refractivity contribution in [2.45, 2.75) is 12.0 Å². The second-order valence-corrected chi connectivity index (χ2v) is 3.45. The van der Waals surface area contributed by atoms with Crippen molar-refractivity contribution < 1.29 is 33.3 Å². The zero-order chi connectivity index (χ0) is 13.8. The maximum Gasteiger partial charge on any atom is 0.377 e. The van der Waals surface area contributed by atoms with Crippen molar-refractivity contribution in [1.29, 1.82) is 0 Å². The summed E-state index contributed by atoms with van der Waals surface area (Å²) in [5.74, 6) is -6.27. The third-order valence-corrected chi connectivity index (χ3v) is 2.17. The van der Waals surface area contributed by atoms with E-state index in [0.717, 1.165) is 12.1 Å². The lowest BCUT2D eigenvalue weighted by Gasteiger charge is -2.18. The van der Waals surface area contributed by atoms with E-state index in [-0.39, 0.29) is 12.4 Å². The minimum absolute atomic E-state index is 0.00676. The highest BCUT2D eigenvalue weighted by molar-refractivity contribution is 5.76. The lowest BCUT2D eigenvalue weighted by Crippen LogP contribution is -2.35. The number of aliphatic hydroxyl groups is 1. The van der Waals surface area contributed by atoms with Gasteiger partial charge in [0.2, 0.25) is 0 Å². The lowest BCUT2D eigenvalue weighted by molar-refractivity contribution is -0.182. The normalized spacial score (nSPS) is 13.1. The second-order valence-electron chi connectivity index (χ2n) is 3.45. The Labute approximate surface area is 102 Å². The highest BCUT2D eigenvalue weighted by Gasteiger charge is 2.47. The van der Waals surface area contributed by atoms with Gasteiger partial charge in [0, 0.05) is 7.11 Å². The molecule has 1 aromatic carbocycles. The van der Waals surface area contributed by atoms with Crippen LogP contribution in [-0.2, 0) is 9.53 Å². The van der Waals surface area contributed by atoms with Gasteiger partial charge in [0.05, 0.1) is 0 Å². The predicted octanol–water partition coefficient (Wildman–Crippen LogP) is 1.42. The average molecular weight is 262 g/mol. The van der Waals surface area contributed by atoms with Crippen LogP contribution < -0.4 is 4.74 Å². The van der Waals surface area contributed by atoms with Gasteiger partial charge in [0.15, 0.2) is 12.9 Å². The van der Waals surface area contributed by atoms with Crippen LogP contribution >= 0.6 is 0 Å². The molecule has 0 bridgehead atoms. The van der Waals surface area contributed by atoms with E-state index in [4.69, 9.17) is 9.84 Å². The number of carboxylic acids is 1. The lowest BCUT2D eigenvalue weighted by atomic mass is 10.0. The van der Waals surface area contributed by atoms with Crippen LogP contribution in [-0.4, -0.2) is 36.0 Å². The first-order valence-electron chi connectivity index (χ1n) is 4.90. The van der Waals surface area contributed by atoms with E-state index < -0.39 is 18.0 Å². The van der Waals surface area contributed by atoms with E-state index in [1.165, 1.54) is 19.2 Å². The summed E-state index contributed by atoms with van der Waals surface area (Å²) in [5.41, 5.74) is -0.216. The van der Waals surface area contributed by atoms with Crippen molar-refractivity contribution in [2.24, 2.45) is 0 Å². The van der Waals surface area contributed by atoms with E-state index in [2.05, 4.69) is 4.74 Å². The number of hydrogen-bond acceptors (Lipinski definition) is 4. The van der Waals surface area contributed by atoms with Gasteiger partial charge < -0.3 is 19.7 Å². The number of benzene rings is 1. The van der Waals surface area contributed by atoms with Crippen molar-refractivity contribution in [3.63, 3.8) is 0 Å². The summed E-state index contributed by atoms with van der Waals surface area (Å²) in [4.78, 5) is 10.3. The van der Waals surface area contributed by atoms with Gasteiger partial charge in [-0.3, -0.25) is 0 Å². The molecule has 0 aliphatic rings. The number of rotatable bonds is 6. The van der Waals surface area contributed by atoms with Crippen LogP contribution in [0.3, 0.4) is 0 Å². The number of aliphatic carboxylic acids is 1. The molecular weight excluding hydrogens is 250 g/mol. The molecule has 100 valence electrons. The smallest absolute Gasteiger partial charge is 0.377 e. The molecule has 0 radical (unpaired) electrons. The molecule has 1 rings (SSSR count). The van der Waals surface area contributed by atoms with Gasteiger partial charge in [-0.15, -0.1) is 0 Å². The maximum atomic E-state index is 13.0. The molecule has 0 aliphatic heterocycles. The molecule has 0 aliphatic carbocycles. The third-order valence-electron chi connectivity index (χ3n) is 2.17. The van der Waals surface area contributed by atoms with E-state index >= 15 is 0 Å². The number of ether oxygens (including phenoxy) is 2. The fourth-order valence-electron chi connectivity index (χ4n) is 1.20. The molecular formula is C11H12F2O5. The molecule has 0 saturated heterocycles. The number of carboxylic acid groups (broad SMARTS) is 1. The summed E-state index contributed by atoms with van der Waals surface area (Å²) in [6, 6.07) is 4.98. The molecule has 1 aromatic rings. The predicted molar refractivity (Wildman–Crippen MR) is 56.5 cm³/mol. The Morgan fingerprint density at radius 3 is 2.39 bits per heavy atom. The van der Waals surface area contributed by atoms with Crippen LogP contribution in [0.25, 0.3) is 0 Å². The molecule has 0 fully saturated rings. The number of methoxy groups -OCH3 is 1. The fourth-order valence-corrected chi connectivity index (χ4v) is 1.20. The largest absolute Gasteiger partial charge is 0.477 e. The summed E-state index contributed by atoms with van der Waals surface area (Å²) >= 11 is 0. The first-order valence-corrected chi connectivity index (χ1v) is 4.90. The zero-order valence-electron chi connectivity index (χ0n) is 9.47. The van der Waals surface area contributed by atoms with Crippen molar-refractivity contribution in [2.75, 3.05) is 13.9 Å². The molecule has 1 atom stereocenters. The van der Waals surface area contributed by atoms with Crippen molar-refractivity contribution in [3.05, 3.63) is 29.8 Å². The Bertz CT molecular complexity index is 404. The molecule has 7 heteroatoms. The molecule has 18 heavy (non-hydrogen) atoms. The maximum absolute atomic E-state index is 13.0. The number of carbonyl (C=O) groups is 1. The Balaban J connectivity index is 2.82. The Kier molecular flexibility index (Phi) is 4.57. The summed E-state index contributed by atoms with van der Waals surface area (Å²) in [5, 5.41) is 17.6. The van der Waals surface area contributed by atoms with Gasteiger partial charge in [-0.2, -0.15) is 8.78 Å². The zero-order valence-corrected chi connectivity index (χ0v) is 9.47. The van der Waals surface area contributed by atoms with Crippen LogP contribution in [0.1, 0.15) is 11.7 Å². The number of hydrogen-bond donors (Lipinski definition) is 2. The number of aliphatic hydroxyl groups excluding tert-OH is 1. The van der Waals surface area contributed by atoms with Crippen LogP contribution in [0.2, 0.25) is 0 Å². The molecule has 0 heterocycles. The topological polar surface area (TPSA) is 76.0 Å². The van der Waals surface area contributed by atoms with E-state index in [0.29, 0.717) is 5.75 Å². The average Bonchev–Trinajstić information content (AvgIpc) is 2.35. The van der Waals surface area contributed by atoms with Crippen molar-refractivity contribution in [3.8, 4) is 5.75 Å². The minimum Gasteiger partial charge on any atom is -0.477 e. The van der Waals surface area contributed by atoms with Gasteiger partial charge in [-0.1, -0.05) is 12.1 Å². The Hall–Kier alpha value is -1.73.